The van der Waals surface area contributed by atoms with Gasteiger partial charge in [-0.2, -0.15) is 0 Å². The molecule has 1 rings (SSSR count). The number of hydrogen-bond acceptors (Lipinski definition) is 3. The highest BCUT2D eigenvalue weighted by Gasteiger charge is 2.12. The van der Waals surface area contributed by atoms with E-state index in [1.54, 1.807) is 0 Å². The van der Waals surface area contributed by atoms with Gasteiger partial charge in [-0.25, -0.2) is 0 Å². The van der Waals surface area contributed by atoms with Crippen LogP contribution in [0.15, 0.2) is 12.1 Å². The van der Waals surface area contributed by atoms with E-state index in [4.69, 9.17) is 5.11 Å². The van der Waals surface area contributed by atoms with Crippen LogP contribution in [0.4, 0.5) is 0 Å². The van der Waals surface area contributed by atoms with E-state index in [9.17, 15) is 10.2 Å². The maximum absolute atomic E-state index is 9.45. The molecule has 0 spiro atoms. The van der Waals surface area contributed by atoms with Gasteiger partial charge in [0.25, 0.3) is 0 Å². The summed E-state index contributed by atoms with van der Waals surface area (Å²) in [6.07, 6.45) is 0.873. The van der Waals surface area contributed by atoms with Crippen molar-refractivity contribution in [1.82, 2.24) is 0 Å². The minimum absolute atomic E-state index is 0.0321. The van der Waals surface area contributed by atoms with Crippen molar-refractivity contribution in [2.75, 3.05) is 0 Å². The average Bonchev–Trinajstić information content (AvgIpc) is 2.10. The monoisotopic (exact) mass is 182 g/mol. The van der Waals surface area contributed by atoms with E-state index in [-0.39, 0.29) is 23.2 Å². The zero-order valence-corrected chi connectivity index (χ0v) is 7.78. The molecule has 0 aliphatic heterocycles. The summed E-state index contributed by atoms with van der Waals surface area (Å²) in [4.78, 5) is 0. The molecule has 3 nitrogen and oxygen atoms in total. The van der Waals surface area contributed by atoms with Crippen LogP contribution in [0.5, 0.6) is 17.2 Å². The van der Waals surface area contributed by atoms with E-state index in [0.29, 0.717) is 5.56 Å². The lowest BCUT2D eigenvalue weighted by Gasteiger charge is -2.11. The van der Waals surface area contributed by atoms with Gasteiger partial charge in [0.05, 0.1) is 0 Å². The number of rotatable bonds is 2. The molecular weight excluding hydrogens is 168 g/mol. The molecule has 0 bridgehead atoms. The molecule has 0 saturated carbocycles. The molecule has 1 unspecified atom stereocenters. The Morgan fingerprint density at radius 2 is 1.62 bits per heavy atom. The van der Waals surface area contributed by atoms with E-state index in [2.05, 4.69) is 0 Å². The van der Waals surface area contributed by atoms with Crippen LogP contribution in [0.1, 0.15) is 31.7 Å². The fourth-order valence-electron chi connectivity index (χ4n) is 1.20. The van der Waals surface area contributed by atoms with Gasteiger partial charge in [-0.1, -0.05) is 13.8 Å². The second-order valence-corrected chi connectivity index (χ2v) is 3.21. The van der Waals surface area contributed by atoms with Crippen LogP contribution in [-0.4, -0.2) is 15.3 Å². The second-order valence-electron chi connectivity index (χ2n) is 3.21. The molecule has 0 fully saturated rings. The van der Waals surface area contributed by atoms with E-state index in [1.165, 1.54) is 6.07 Å². The van der Waals surface area contributed by atoms with Gasteiger partial charge in [-0.05, 0) is 18.4 Å². The van der Waals surface area contributed by atoms with Crippen LogP contribution in [0.2, 0.25) is 0 Å². The molecule has 0 aromatic heterocycles. The summed E-state index contributed by atoms with van der Waals surface area (Å²) in [7, 11) is 0. The molecule has 0 aliphatic carbocycles. The quantitative estimate of drug-likeness (QED) is 0.486. The SMILES string of the molecule is CCC(C)c1cc(O)c(O)cc1O. The molecule has 3 N–H and O–H groups in total. The normalized spacial score (nSPS) is 12.8. The van der Waals surface area contributed by atoms with E-state index in [0.717, 1.165) is 12.5 Å². The third kappa shape index (κ3) is 1.86. The van der Waals surface area contributed by atoms with Crippen molar-refractivity contribution < 1.29 is 15.3 Å². The van der Waals surface area contributed by atoms with Crippen LogP contribution in [0.3, 0.4) is 0 Å². The second kappa shape index (κ2) is 3.56. The molecule has 72 valence electrons. The standard InChI is InChI=1S/C10H14O3/c1-3-6(2)7-4-9(12)10(13)5-8(7)11/h4-6,11-13H,3H2,1-2H3. The molecule has 0 amide bonds. The lowest BCUT2D eigenvalue weighted by Crippen LogP contribution is -1.91. The smallest absolute Gasteiger partial charge is 0.161 e. The van der Waals surface area contributed by atoms with Gasteiger partial charge in [-0.3, -0.25) is 0 Å². The fraction of sp³-hybridized carbons (Fsp3) is 0.400. The van der Waals surface area contributed by atoms with Crippen molar-refractivity contribution in [1.29, 1.82) is 0 Å². The van der Waals surface area contributed by atoms with Gasteiger partial charge in [0.15, 0.2) is 11.5 Å². The van der Waals surface area contributed by atoms with Crippen molar-refractivity contribution in [2.45, 2.75) is 26.2 Å². The van der Waals surface area contributed by atoms with Crippen molar-refractivity contribution in [3.05, 3.63) is 17.7 Å². The Kier molecular flexibility index (Phi) is 2.66. The minimum Gasteiger partial charge on any atom is -0.508 e. The molecule has 1 aromatic rings. The molecule has 1 atom stereocenters. The van der Waals surface area contributed by atoms with E-state index in [1.807, 2.05) is 13.8 Å². The third-order valence-corrected chi connectivity index (χ3v) is 2.27. The zero-order valence-electron chi connectivity index (χ0n) is 7.78. The van der Waals surface area contributed by atoms with E-state index < -0.39 is 0 Å². The van der Waals surface area contributed by atoms with Crippen molar-refractivity contribution in [3.63, 3.8) is 0 Å². The van der Waals surface area contributed by atoms with Gasteiger partial charge >= 0.3 is 0 Å². The molecule has 13 heavy (non-hydrogen) atoms. The molecule has 0 aliphatic rings. The third-order valence-electron chi connectivity index (χ3n) is 2.27. The molecular formula is C10H14O3. The van der Waals surface area contributed by atoms with Crippen molar-refractivity contribution in [2.24, 2.45) is 0 Å². The Hall–Kier alpha value is -1.38. The molecule has 0 radical (unpaired) electrons. The summed E-state index contributed by atoms with van der Waals surface area (Å²) in [5, 5.41) is 27.7. The molecule has 3 heteroatoms. The predicted molar refractivity (Wildman–Crippen MR) is 50.1 cm³/mol. The Morgan fingerprint density at radius 3 is 2.15 bits per heavy atom. The first-order chi connectivity index (χ1) is 6.06. The summed E-state index contributed by atoms with van der Waals surface area (Å²) >= 11 is 0. The topological polar surface area (TPSA) is 60.7 Å². The van der Waals surface area contributed by atoms with Crippen LogP contribution in [-0.2, 0) is 0 Å². The Bertz CT molecular complexity index is 307. The maximum atomic E-state index is 9.45. The van der Waals surface area contributed by atoms with Crippen molar-refractivity contribution in [3.8, 4) is 17.2 Å². The first-order valence-corrected chi connectivity index (χ1v) is 4.31. The highest BCUT2D eigenvalue weighted by Crippen LogP contribution is 2.36. The zero-order chi connectivity index (χ0) is 10.0. The van der Waals surface area contributed by atoms with Crippen LogP contribution in [0, 0.1) is 0 Å². The highest BCUT2D eigenvalue weighted by molar-refractivity contribution is 5.49. The van der Waals surface area contributed by atoms with Gasteiger partial charge in [0.1, 0.15) is 5.75 Å². The first kappa shape index (κ1) is 9.71. The van der Waals surface area contributed by atoms with Crippen LogP contribution >= 0.6 is 0 Å². The number of phenolic OH excluding ortho intramolecular Hbond substituents is 3. The average molecular weight is 182 g/mol. The number of phenols is 3. The van der Waals surface area contributed by atoms with Crippen molar-refractivity contribution >= 4 is 0 Å². The van der Waals surface area contributed by atoms with E-state index >= 15 is 0 Å². The fourth-order valence-corrected chi connectivity index (χ4v) is 1.20. The maximum Gasteiger partial charge on any atom is 0.161 e. The Labute approximate surface area is 77.3 Å². The summed E-state index contributed by atoms with van der Waals surface area (Å²) < 4.78 is 0. The lowest BCUT2D eigenvalue weighted by molar-refractivity contribution is 0.393. The minimum atomic E-state index is -0.287. The first-order valence-electron chi connectivity index (χ1n) is 4.31. The number of aromatic hydroxyl groups is 3. The molecule has 1 aromatic carbocycles. The van der Waals surface area contributed by atoms with Crippen LogP contribution < -0.4 is 0 Å². The molecule has 0 saturated heterocycles. The summed E-state index contributed by atoms with van der Waals surface area (Å²) in [6, 6.07) is 2.57. The Balaban J connectivity index is 3.15. The number of hydrogen-bond donors (Lipinski definition) is 3. The predicted octanol–water partition coefficient (Wildman–Crippen LogP) is 2.32. The largest absolute Gasteiger partial charge is 0.508 e. The Morgan fingerprint density at radius 1 is 1.08 bits per heavy atom. The van der Waals surface area contributed by atoms with Gasteiger partial charge in [0, 0.05) is 11.6 Å². The van der Waals surface area contributed by atoms with Gasteiger partial charge < -0.3 is 15.3 Å². The number of benzene rings is 1. The summed E-state index contributed by atoms with van der Waals surface area (Å²) in [5.74, 6) is -0.270. The lowest BCUT2D eigenvalue weighted by atomic mass is 9.97. The van der Waals surface area contributed by atoms with Gasteiger partial charge in [0.2, 0.25) is 0 Å². The van der Waals surface area contributed by atoms with Gasteiger partial charge in [-0.15, -0.1) is 0 Å². The molecule has 0 heterocycles. The highest BCUT2D eigenvalue weighted by atomic mass is 16.3. The van der Waals surface area contributed by atoms with Crippen LogP contribution in [0.25, 0.3) is 0 Å². The summed E-state index contributed by atoms with van der Waals surface area (Å²) in [5.41, 5.74) is 0.665. The summed E-state index contributed by atoms with van der Waals surface area (Å²) in [6.45, 7) is 3.94.